The molecule has 0 aliphatic heterocycles. The molecule has 1 aromatic carbocycles. The highest BCUT2D eigenvalue weighted by molar-refractivity contribution is 9.10. The lowest BCUT2D eigenvalue weighted by molar-refractivity contribution is 0.0635. The van der Waals surface area contributed by atoms with E-state index in [9.17, 15) is 24.2 Å². The number of hydrogen-bond acceptors (Lipinski definition) is 2. The molecule has 0 heterocycles. The number of halogens is 6. The second-order valence-corrected chi connectivity index (χ2v) is 8.60. The van der Waals surface area contributed by atoms with E-state index in [1.807, 2.05) is 5.32 Å². The summed E-state index contributed by atoms with van der Waals surface area (Å²) in [5.74, 6) is 0. The average Bonchev–Trinajstić information content (AvgIpc) is 2.08. The summed E-state index contributed by atoms with van der Waals surface area (Å²) in [5, 5.41) is 1.98. The van der Waals surface area contributed by atoms with E-state index in [4.69, 9.17) is 4.74 Å². The Bertz CT molecular complexity index is 582. The summed E-state index contributed by atoms with van der Waals surface area (Å²) in [6.07, 6.45) is -1.05. The first kappa shape index (κ1) is 18.0. The van der Waals surface area contributed by atoms with E-state index in [1.165, 1.54) is 0 Å². The van der Waals surface area contributed by atoms with Gasteiger partial charge in [-0.2, -0.15) is 0 Å². The monoisotopic (exact) mass is 397 g/mol. The van der Waals surface area contributed by atoms with E-state index in [-0.39, 0.29) is 16.6 Å². The molecule has 21 heavy (non-hydrogen) atoms. The van der Waals surface area contributed by atoms with Crippen LogP contribution in [-0.4, -0.2) is 11.7 Å². The van der Waals surface area contributed by atoms with Crippen molar-refractivity contribution in [2.24, 2.45) is 0 Å². The van der Waals surface area contributed by atoms with Gasteiger partial charge in [-0.15, -0.1) is 0 Å². The molecule has 1 amide bonds. The van der Waals surface area contributed by atoms with Gasteiger partial charge in [0, 0.05) is 10.2 Å². The Morgan fingerprint density at radius 1 is 1.14 bits per heavy atom. The molecule has 0 atom stereocenters. The minimum Gasteiger partial charge on any atom is -0.444 e. The largest absolute Gasteiger partial charge is 0.444 e. The van der Waals surface area contributed by atoms with E-state index >= 15 is 0 Å². The molecule has 0 aliphatic carbocycles. The SMILES string of the molecule is CC(C)(C)OC(=O)Nc1cc(Br)cc(S(F)(F)(F)(F)F)c1. The molecular formula is C11H13BrF5NO2S. The summed E-state index contributed by atoms with van der Waals surface area (Å²) in [5.41, 5.74) is -1.33. The fraction of sp³-hybridized carbons (Fsp3) is 0.364. The Kier molecular flexibility index (Phi) is 3.85. The van der Waals surface area contributed by atoms with Gasteiger partial charge < -0.3 is 4.74 Å². The third kappa shape index (κ3) is 6.08. The summed E-state index contributed by atoms with van der Waals surface area (Å²) in [6, 6.07) is 1.47. The zero-order valence-electron chi connectivity index (χ0n) is 11.2. The van der Waals surface area contributed by atoms with Gasteiger partial charge in [0.1, 0.15) is 10.5 Å². The van der Waals surface area contributed by atoms with Crippen molar-refractivity contribution < 1.29 is 29.0 Å². The van der Waals surface area contributed by atoms with Crippen LogP contribution < -0.4 is 5.32 Å². The molecule has 1 N–H and O–H groups in total. The molecule has 0 aliphatic rings. The van der Waals surface area contributed by atoms with E-state index in [1.54, 1.807) is 20.8 Å². The summed E-state index contributed by atoms with van der Waals surface area (Å²) >= 11 is 2.70. The zero-order valence-corrected chi connectivity index (χ0v) is 13.6. The highest BCUT2D eigenvalue weighted by atomic mass is 79.9. The quantitative estimate of drug-likeness (QED) is 0.581. The van der Waals surface area contributed by atoms with Gasteiger partial charge in [0.15, 0.2) is 0 Å². The van der Waals surface area contributed by atoms with Gasteiger partial charge in [-0.25, -0.2) is 4.79 Å². The maximum atomic E-state index is 12.8. The van der Waals surface area contributed by atoms with Crippen molar-refractivity contribution in [3.8, 4) is 0 Å². The second-order valence-electron chi connectivity index (χ2n) is 5.27. The number of benzene rings is 1. The van der Waals surface area contributed by atoms with Crippen molar-refractivity contribution >= 4 is 37.9 Å². The molecular weight excluding hydrogens is 385 g/mol. The molecule has 1 aromatic rings. The smallest absolute Gasteiger partial charge is 0.412 e. The van der Waals surface area contributed by atoms with Crippen molar-refractivity contribution in [3.05, 3.63) is 22.7 Å². The molecule has 122 valence electrons. The van der Waals surface area contributed by atoms with Gasteiger partial charge in [-0.1, -0.05) is 35.4 Å². The predicted molar refractivity (Wildman–Crippen MR) is 75.4 cm³/mol. The summed E-state index contributed by atoms with van der Waals surface area (Å²) in [7, 11) is -9.83. The molecule has 0 unspecified atom stereocenters. The Morgan fingerprint density at radius 2 is 1.67 bits per heavy atom. The molecule has 0 saturated heterocycles. The van der Waals surface area contributed by atoms with Gasteiger partial charge in [0.25, 0.3) is 0 Å². The van der Waals surface area contributed by atoms with Gasteiger partial charge in [-0.05, 0) is 39.0 Å². The summed E-state index contributed by atoms with van der Waals surface area (Å²) in [4.78, 5) is 9.35. The van der Waals surface area contributed by atoms with Gasteiger partial charge in [0.05, 0.1) is 0 Å². The summed E-state index contributed by atoms with van der Waals surface area (Å²) in [6.45, 7) is 4.65. The molecule has 10 heteroatoms. The lowest BCUT2D eigenvalue weighted by Gasteiger charge is -2.40. The number of hydrogen-bond donors (Lipinski definition) is 1. The zero-order chi connectivity index (χ0) is 16.8. The van der Waals surface area contributed by atoms with E-state index in [0.29, 0.717) is 0 Å². The number of carbonyl (C=O) groups is 1. The minimum atomic E-state index is -9.83. The Hall–Kier alpha value is -1.03. The third-order valence-corrected chi connectivity index (χ3v) is 3.55. The van der Waals surface area contributed by atoms with Gasteiger partial charge >= 0.3 is 16.3 Å². The number of anilines is 1. The maximum absolute atomic E-state index is 12.8. The van der Waals surface area contributed by atoms with Crippen molar-refractivity contribution in [3.63, 3.8) is 0 Å². The summed E-state index contributed by atoms with van der Waals surface area (Å²) < 4.78 is 68.3. The molecule has 0 aromatic heterocycles. The Balaban J connectivity index is 3.14. The number of nitrogens with one attached hydrogen (secondary N) is 1. The average molecular weight is 398 g/mol. The maximum Gasteiger partial charge on any atom is 0.412 e. The fourth-order valence-electron chi connectivity index (χ4n) is 1.28. The Labute approximate surface area is 126 Å². The van der Waals surface area contributed by atoms with Crippen molar-refractivity contribution in [1.29, 1.82) is 0 Å². The van der Waals surface area contributed by atoms with Crippen LogP contribution in [0.2, 0.25) is 0 Å². The van der Waals surface area contributed by atoms with Crippen molar-refractivity contribution in [1.82, 2.24) is 0 Å². The third-order valence-electron chi connectivity index (χ3n) is 1.96. The highest BCUT2D eigenvalue weighted by Crippen LogP contribution is 3.02. The predicted octanol–water partition coefficient (Wildman–Crippen LogP) is 6.45. The van der Waals surface area contributed by atoms with Crippen LogP contribution in [0.4, 0.5) is 29.9 Å². The van der Waals surface area contributed by atoms with Crippen LogP contribution in [0.3, 0.4) is 0 Å². The fourth-order valence-corrected chi connectivity index (χ4v) is 2.62. The van der Waals surface area contributed by atoms with E-state index in [2.05, 4.69) is 15.9 Å². The first-order valence-electron chi connectivity index (χ1n) is 5.51. The van der Waals surface area contributed by atoms with Crippen LogP contribution in [0.1, 0.15) is 20.8 Å². The lowest BCUT2D eigenvalue weighted by Crippen LogP contribution is -2.27. The minimum absolute atomic E-state index is 0.163. The number of rotatable bonds is 2. The normalized spacial score (nSPS) is 15.9. The van der Waals surface area contributed by atoms with Crippen LogP contribution in [0, 0.1) is 0 Å². The molecule has 0 saturated carbocycles. The molecule has 0 radical (unpaired) electrons. The van der Waals surface area contributed by atoms with Crippen LogP contribution in [0.25, 0.3) is 0 Å². The number of ether oxygens (including phenoxy) is 1. The van der Waals surface area contributed by atoms with E-state index < -0.39 is 32.5 Å². The Morgan fingerprint density at radius 3 is 2.10 bits per heavy atom. The van der Waals surface area contributed by atoms with Crippen LogP contribution >= 0.6 is 26.2 Å². The molecule has 1 rings (SSSR count). The van der Waals surface area contributed by atoms with Crippen LogP contribution in [0.15, 0.2) is 27.6 Å². The molecule has 0 bridgehead atoms. The first-order chi connectivity index (χ1) is 8.96. The molecule has 0 spiro atoms. The standard InChI is InChI=1S/C11H13BrF5NO2S/c1-11(2,3)20-10(19)18-8-4-7(12)5-9(6-8)21(13,14,15,16)17/h4-6H,1-3H3,(H,18,19). The molecule has 3 nitrogen and oxygen atoms in total. The van der Waals surface area contributed by atoms with E-state index in [0.717, 1.165) is 6.07 Å². The van der Waals surface area contributed by atoms with Crippen LogP contribution in [-0.2, 0) is 4.74 Å². The van der Waals surface area contributed by atoms with Gasteiger partial charge in [0.2, 0.25) is 0 Å². The number of carbonyl (C=O) groups excluding carboxylic acids is 1. The first-order valence-corrected chi connectivity index (χ1v) is 8.25. The number of amides is 1. The van der Waals surface area contributed by atoms with Crippen molar-refractivity contribution in [2.75, 3.05) is 5.32 Å². The van der Waals surface area contributed by atoms with Gasteiger partial charge in [-0.3, -0.25) is 5.32 Å². The van der Waals surface area contributed by atoms with Crippen molar-refractivity contribution in [2.45, 2.75) is 31.3 Å². The highest BCUT2D eigenvalue weighted by Gasteiger charge is 2.65. The molecule has 0 fully saturated rings. The van der Waals surface area contributed by atoms with Crippen LogP contribution in [0.5, 0.6) is 0 Å². The topological polar surface area (TPSA) is 38.3 Å². The second kappa shape index (κ2) is 4.48. The lowest BCUT2D eigenvalue weighted by atomic mass is 10.2.